The van der Waals surface area contributed by atoms with Crippen molar-refractivity contribution in [3.63, 3.8) is 0 Å². The summed E-state index contributed by atoms with van der Waals surface area (Å²) in [5.74, 6) is -0.234. The Labute approximate surface area is 197 Å². The van der Waals surface area contributed by atoms with Crippen molar-refractivity contribution in [3.05, 3.63) is 54.1 Å². The molecule has 2 aromatic rings. The van der Waals surface area contributed by atoms with Crippen LogP contribution < -0.4 is 10.2 Å². The molecule has 11 heteroatoms. The Bertz CT molecular complexity index is 1110. The quantitative estimate of drug-likeness (QED) is 0.665. The molecule has 0 radical (unpaired) electrons. The van der Waals surface area contributed by atoms with E-state index in [0.717, 1.165) is 25.0 Å². The van der Waals surface area contributed by atoms with Gasteiger partial charge in [0.05, 0.1) is 17.0 Å². The van der Waals surface area contributed by atoms with Crippen molar-refractivity contribution in [1.82, 2.24) is 9.21 Å². The maximum absolute atomic E-state index is 13.0. The Hall–Kier alpha value is -2.63. The van der Waals surface area contributed by atoms with E-state index in [1.165, 1.54) is 22.5 Å². The molecular weight excluding hydrogens is 469 g/mol. The van der Waals surface area contributed by atoms with Crippen LogP contribution in [-0.2, 0) is 21.0 Å². The van der Waals surface area contributed by atoms with E-state index in [9.17, 15) is 26.4 Å². The summed E-state index contributed by atoms with van der Waals surface area (Å²) in [6.07, 6.45) is -2.66. The number of hydrogen-bond acceptors (Lipinski definition) is 5. The van der Waals surface area contributed by atoms with Gasteiger partial charge in [0.1, 0.15) is 0 Å². The second-order valence-electron chi connectivity index (χ2n) is 8.50. The molecule has 1 amide bonds. The lowest BCUT2D eigenvalue weighted by molar-refractivity contribution is -0.137. The van der Waals surface area contributed by atoms with Crippen LogP contribution in [0.15, 0.2) is 53.4 Å². The molecule has 0 atom stereocenters. The highest BCUT2D eigenvalue weighted by molar-refractivity contribution is 7.89. The molecule has 0 unspecified atom stereocenters. The summed E-state index contributed by atoms with van der Waals surface area (Å²) in [5.41, 5.74) is 0.349. The van der Waals surface area contributed by atoms with Crippen molar-refractivity contribution >= 4 is 27.3 Å². The number of nitrogens with zero attached hydrogens (tertiary/aromatic N) is 3. The number of sulfonamides is 1. The van der Waals surface area contributed by atoms with Crippen molar-refractivity contribution in [2.45, 2.75) is 23.9 Å². The normalized spacial score (nSPS) is 18.3. The second kappa shape index (κ2) is 9.93. The molecule has 2 aliphatic heterocycles. The van der Waals surface area contributed by atoms with E-state index in [0.29, 0.717) is 50.6 Å². The number of hydrogen-bond donors (Lipinski definition) is 1. The summed E-state index contributed by atoms with van der Waals surface area (Å²) in [4.78, 5) is 16.5. The standard InChI is InChI=1S/C23H27F3N4O3S/c24-23(25,26)18-4-3-5-20(16-18)29-14-12-28(13-15-29)17-22(31)27-19-6-8-21(9-7-19)34(32,33)30-10-1-2-11-30/h3-9,16H,1-2,10-15,17H2,(H,27,31). The van der Waals surface area contributed by atoms with Gasteiger partial charge in [0, 0.05) is 50.6 Å². The van der Waals surface area contributed by atoms with E-state index in [1.807, 2.05) is 9.80 Å². The highest BCUT2D eigenvalue weighted by atomic mass is 32.2. The van der Waals surface area contributed by atoms with Gasteiger partial charge in [-0.1, -0.05) is 6.07 Å². The molecule has 0 bridgehead atoms. The summed E-state index contributed by atoms with van der Waals surface area (Å²) < 4.78 is 65.6. The molecule has 0 aliphatic carbocycles. The van der Waals surface area contributed by atoms with Gasteiger partial charge in [-0.05, 0) is 55.3 Å². The second-order valence-corrected chi connectivity index (χ2v) is 10.4. The van der Waals surface area contributed by atoms with Crippen LogP contribution in [0.5, 0.6) is 0 Å². The lowest BCUT2D eigenvalue weighted by Gasteiger charge is -2.36. The fourth-order valence-electron chi connectivity index (χ4n) is 4.23. The number of benzene rings is 2. The maximum atomic E-state index is 13.0. The topological polar surface area (TPSA) is 73.0 Å². The zero-order valence-electron chi connectivity index (χ0n) is 18.6. The summed E-state index contributed by atoms with van der Waals surface area (Å²) in [6, 6.07) is 11.4. The molecule has 0 aromatic heterocycles. The molecule has 34 heavy (non-hydrogen) atoms. The zero-order valence-corrected chi connectivity index (χ0v) is 19.4. The van der Waals surface area contributed by atoms with Gasteiger partial charge in [-0.15, -0.1) is 0 Å². The number of nitrogens with one attached hydrogen (secondary N) is 1. The lowest BCUT2D eigenvalue weighted by atomic mass is 10.1. The molecule has 4 rings (SSSR count). The van der Waals surface area contributed by atoms with Crippen LogP contribution in [0.1, 0.15) is 18.4 Å². The third-order valence-electron chi connectivity index (χ3n) is 6.12. The molecule has 2 saturated heterocycles. The lowest BCUT2D eigenvalue weighted by Crippen LogP contribution is -2.48. The predicted octanol–water partition coefficient (Wildman–Crippen LogP) is 3.25. The number of anilines is 2. The van der Waals surface area contributed by atoms with Gasteiger partial charge in [0.2, 0.25) is 15.9 Å². The van der Waals surface area contributed by atoms with Crippen molar-refractivity contribution < 1.29 is 26.4 Å². The predicted molar refractivity (Wildman–Crippen MR) is 123 cm³/mol. The molecule has 184 valence electrons. The zero-order chi connectivity index (χ0) is 24.3. The molecule has 0 saturated carbocycles. The molecule has 1 N–H and O–H groups in total. The smallest absolute Gasteiger partial charge is 0.369 e. The van der Waals surface area contributed by atoms with Crippen LogP contribution in [0, 0.1) is 0 Å². The molecule has 2 aromatic carbocycles. The summed E-state index contributed by atoms with van der Waals surface area (Å²) in [6.45, 7) is 3.30. The molecular formula is C23H27F3N4O3S. The van der Waals surface area contributed by atoms with Crippen molar-refractivity contribution in [1.29, 1.82) is 0 Å². The third-order valence-corrected chi connectivity index (χ3v) is 8.03. The van der Waals surface area contributed by atoms with Gasteiger partial charge in [-0.25, -0.2) is 8.42 Å². The molecule has 2 heterocycles. The number of piperazine rings is 1. The highest BCUT2D eigenvalue weighted by Gasteiger charge is 2.31. The Morgan fingerprint density at radius 3 is 2.18 bits per heavy atom. The minimum Gasteiger partial charge on any atom is -0.369 e. The first kappa shape index (κ1) is 24.5. The van der Waals surface area contributed by atoms with Crippen molar-refractivity contribution in [2.75, 3.05) is 56.0 Å². The molecule has 7 nitrogen and oxygen atoms in total. The summed E-state index contributed by atoms with van der Waals surface area (Å²) in [5, 5.41) is 2.78. The van der Waals surface area contributed by atoms with Gasteiger partial charge in [-0.2, -0.15) is 17.5 Å². The van der Waals surface area contributed by atoms with Gasteiger partial charge in [0.25, 0.3) is 0 Å². The fraction of sp³-hybridized carbons (Fsp3) is 0.435. The first-order valence-electron chi connectivity index (χ1n) is 11.2. The van der Waals surface area contributed by atoms with Crippen LogP contribution in [-0.4, -0.2) is 69.3 Å². The van der Waals surface area contributed by atoms with E-state index in [4.69, 9.17) is 0 Å². The van der Waals surface area contributed by atoms with Gasteiger partial charge >= 0.3 is 6.18 Å². The SMILES string of the molecule is O=C(CN1CCN(c2cccc(C(F)(F)F)c2)CC1)Nc1ccc(S(=O)(=O)N2CCCC2)cc1. The first-order chi connectivity index (χ1) is 16.1. The van der Waals surface area contributed by atoms with Crippen LogP contribution >= 0.6 is 0 Å². The average molecular weight is 497 g/mol. The number of halogens is 3. The highest BCUT2D eigenvalue weighted by Crippen LogP contribution is 2.32. The number of carbonyl (C=O) groups excluding carboxylic acids is 1. The number of carbonyl (C=O) groups is 1. The summed E-state index contributed by atoms with van der Waals surface area (Å²) >= 11 is 0. The Balaban J connectivity index is 1.28. The van der Waals surface area contributed by atoms with E-state index < -0.39 is 21.8 Å². The van der Waals surface area contributed by atoms with Gasteiger partial charge < -0.3 is 10.2 Å². The number of amides is 1. The van der Waals surface area contributed by atoms with Crippen LogP contribution in [0.2, 0.25) is 0 Å². The van der Waals surface area contributed by atoms with E-state index >= 15 is 0 Å². The molecule has 2 fully saturated rings. The minimum absolute atomic E-state index is 0.143. The van der Waals surface area contributed by atoms with Crippen LogP contribution in [0.25, 0.3) is 0 Å². The van der Waals surface area contributed by atoms with Gasteiger partial charge in [0.15, 0.2) is 0 Å². The Morgan fingerprint density at radius 1 is 0.912 bits per heavy atom. The first-order valence-corrected chi connectivity index (χ1v) is 12.6. The summed E-state index contributed by atoms with van der Waals surface area (Å²) in [7, 11) is -3.50. The van der Waals surface area contributed by atoms with E-state index in [1.54, 1.807) is 18.2 Å². The van der Waals surface area contributed by atoms with E-state index in [-0.39, 0.29) is 17.3 Å². The monoisotopic (exact) mass is 496 g/mol. The fourth-order valence-corrected chi connectivity index (χ4v) is 5.75. The Morgan fingerprint density at radius 2 is 1.56 bits per heavy atom. The van der Waals surface area contributed by atoms with Crippen molar-refractivity contribution in [2.24, 2.45) is 0 Å². The third kappa shape index (κ3) is 5.70. The minimum atomic E-state index is -4.38. The van der Waals surface area contributed by atoms with Crippen LogP contribution in [0.3, 0.4) is 0 Å². The number of alkyl halides is 3. The average Bonchev–Trinajstić information content (AvgIpc) is 3.35. The maximum Gasteiger partial charge on any atom is 0.416 e. The molecule has 2 aliphatic rings. The van der Waals surface area contributed by atoms with Crippen molar-refractivity contribution in [3.8, 4) is 0 Å². The largest absolute Gasteiger partial charge is 0.416 e. The van der Waals surface area contributed by atoms with E-state index in [2.05, 4.69) is 5.32 Å². The van der Waals surface area contributed by atoms with Crippen LogP contribution in [0.4, 0.5) is 24.5 Å². The Kier molecular flexibility index (Phi) is 7.15. The number of rotatable bonds is 6. The van der Waals surface area contributed by atoms with Gasteiger partial charge in [-0.3, -0.25) is 9.69 Å². The molecule has 0 spiro atoms.